The highest BCUT2D eigenvalue weighted by Crippen LogP contribution is 2.44. The number of amides is 3. The van der Waals surface area contributed by atoms with Gasteiger partial charge in [-0.3, -0.25) is 9.59 Å². The zero-order valence-electron chi connectivity index (χ0n) is 30.7. The second kappa shape index (κ2) is 15.6. The van der Waals surface area contributed by atoms with Gasteiger partial charge in [-0.05, 0) is 84.6 Å². The SMILES string of the molecule is Cc1cc2c(cc1C(=O)N(C(C)C)[C@@H]1CCCN(OC(=O)C(C)(C)C)C1)N(CCNC(=O)OCc1ccccc1)C(=O)C(C)(c1ccccc1)O2. The van der Waals surface area contributed by atoms with Crippen LogP contribution in [0.2, 0.25) is 0 Å². The maximum atomic E-state index is 14.5. The summed E-state index contributed by atoms with van der Waals surface area (Å²) in [5.41, 5.74) is 1.11. The van der Waals surface area contributed by atoms with Crippen LogP contribution in [-0.4, -0.2) is 72.1 Å². The monoisotopic (exact) mass is 698 g/mol. The van der Waals surface area contributed by atoms with Crippen molar-refractivity contribution in [2.45, 2.75) is 85.6 Å². The predicted octanol–water partition coefficient (Wildman–Crippen LogP) is 6.38. The van der Waals surface area contributed by atoms with Crippen molar-refractivity contribution in [2.24, 2.45) is 5.41 Å². The van der Waals surface area contributed by atoms with Crippen LogP contribution in [-0.2, 0) is 31.4 Å². The van der Waals surface area contributed by atoms with Crippen molar-refractivity contribution in [3.8, 4) is 5.75 Å². The first-order chi connectivity index (χ1) is 24.2. The third-order valence-electron chi connectivity index (χ3n) is 9.30. The lowest BCUT2D eigenvalue weighted by Crippen LogP contribution is -2.54. The maximum Gasteiger partial charge on any atom is 0.407 e. The second-order valence-electron chi connectivity index (χ2n) is 14.7. The number of aryl methyl sites for hydroxylation is 1. The molecule has 0 radical (unpaired) electrons. The lowest BCUT2D eigenvalue weighted by atomic mass is 9.91. The van der Waals surface area contributed by atoms with Crippen LogP contribution in [0.4, 0.5) is 10.5 Å². The molecule has 1 fully saturated rings. The molecule has 2 aliphatic rings. The minimum atomic E-state index is -1.35. The summed E-state index contributed by atoms with van der Waals surface area (Å²) in [4.78, 5) is 63.3. The first kappa shape index (κ1) is 37.4. The molecule has 0 spiro atoms. The van der Waals surface area contributed by atoms with Gasteiger partial charge in [0.2, 0.25) is 5.60 Å². The van der Waals surface area contributed by atoms with Gasteiger partial charge >= 0.3 is 12.1 Å². The Bertz CT molecular complexity index is 1720. The summed E-state index contributed by atoms with van der Waals surface area (Å²) in [6.45, 7) is 14.3. The van der Waals surface area contributed by atoms with Crippen molar-refractivity contribution >= 4 is 29.6 Å². The number of hydroxylamine groups is 2. The molecule has 5 rings (SSSR count). The molecule has 51 heavy (non-hydrogen) atoms. The fraction of sp³-hybridized carbons (Fsp3) is 0.450. The fourth-order valence-corrected chi connectivity index (χ4v) is 6.47. The van der Waals surface area contributed by atoms with E-state index >= 15 is 0 Å². The lowest BCUT2D eigenvalue weighted by Gasteiger charge is -2.42. The molecule has 11 nitrogen and oxygen atoms in total. The van der Waals surface area contributed by atoms with Gasteiger partial charge in [0.05, 0.1) is 17.6 Å². The van der Waals surface area contributed by atoms with Crippen LogP contribution in [0.5, 0.6) is 5.75 Å². The van der Waals surface area contributed by atoms with Crippen molar-refractivity contribution in [1.29, 1.82) is 0 Å². The van der Waals surface area contributed by atoms with E-state index in [1.54, 1.807) is 23.0 Å². The van der Waals surface area contributed by atoms with Crippen molar-refractivity contribution in [2.75, 3.05) is 31.1 Å². The summed E-state index contributed by atoms with van der Waals surface area (Å²) in [6, 6.07) is 21.8. The average Bonchev–Trinajstić information content (AvgIpc) is 3.09. The van der Waals surface area contributed by atoms with Crippen molar-refractivity contribution in [3.63, 3.8) is 0 Å². The highest BCUT2D eigenvalue weighted by Gasteiger charge is 2.46. The molecule has 1 N–H and O–H groups in total. The highest BCUT2D eigenvalue weighted by atomic mass is 16.7. The lowest BCUT2D eigenvalue weighted by molar-refractivity contribution is -0.208. The number of piperidine rings is 1. The third kappa shape index (κ3) is 8.53. The molecule has 1 saturated heterocycles. The Kier molecular flexibility index (Phi) is 11.4. The topological polar surface area (TPSA) is 118 Å². The predicted molar refractivity (Wildman–Crippen MR) is 194 cm³/mol. The molecule has 3 aromatic rings. The Labute approximate surface area is 300 Å². The zero-order valence-corrected chi connectivity index (χ0v) is 30.7. The molecule has 2 aliphatic heterocycles. The Morgan fingerprint density at radius 1 is 1.04 bits per heavy atom. The smallest absolute Gasteiger partial charge is 0.407 e. The normalized spacial score (nSPS) is 19.2. The Balaban J connectivity index is 1.41. The molecule has 0 saturated carbocycles. The largest absolute Gasteiger partial charge is 0.471 e. The van der Waals surface area contributed by atoms with Gasteiger partial charge in [0, 0.05) is 42.8 Å². The molecule has 272 valence electrons. The number of carbonyl (C=O) groups excluding carboxylic acids is 4. The van der Waals surface area contributed by atoms with E-state index in [-0.39, 0.29) is 49.6 Å². The van der Waals surface area contributed by atoms with Gasteiger partial charge in [-0.1, -0.05) is 60.7 Å². The Hall–Kier alpha value is -4.90. The minimum Gasteiger partial charge on any atom is -0.471 e. The molecule has 11 heteroatoms. The first-order valence-electron chi connectivity index (χ1n) is 17.6. The molecular weight excluding hydrogens is 648 g/mol. The number of alkyl carbamates (subject to hydrolysis) is 1. The number of hydrogen-bond donors (Lipinski definition) is 1. The average molecular weight is 699 g/mol. The summed E-state index contributed by atoms with van der Waals surface area (Å²) in [5, 5.41) is 4.43. The Morgan fingerprint density at radius 3 is 2.35 bits per heavy atom. The Morgan fingerprint density at radius 2 is 1.71 bits per heavy atom. The second-order valence-corrected chi connectivity index (χ2v) is 14.7. The molecule has 0 aromatic heterocycles. The van der Waals surface area contributed by atoms with E-state index in [1.165, 1.54) is 0 Å². The third-order valence-corrected chi connectivity index (χ3v) is 9.30. The summed E-state index contributed by atoms with van der Waals surface area (Å²) in [5.74, 6) is -0.379. The van der Waals surface area contributed by atoms with Crippen LogP contribution in [0.3, 0.4) is 0 Å². The number of hydrogen-bond acceptors (Lipinski definition) is 8. The van der Waals surface area contributed by atoms with Crippen molar-refractivity contribution in [3.05, 3.63) is 95.1 Å². The van der Waals surface area contributed by atoms with E-state index < -0.39 is 17.1 Å². The number of anilines is 1. The highest BCUT2D eigenvalue weighted by molar-refractivity contribution is 6.05. The zero-order chi connectivity index (χ0) is 36.9. The van der Waals surface area contributed by atoms with Gasteiger partial charge in [-0.25, -0.2) is 9.59 Å². The first-order valence-corrected chi connectivity index (χ1v) is 17.6. The molecule has 2 atom stereocenters. The van der Waals surface area contributed by atoms with Gasteiger partial charge in [-0.15, -0.1) is 5.06 Å². The summed E-state index contributed by atoms with van der Waals surface area (Å²) >= 11 is 0. The van der Waals surface area contributed by atoms with Gasteiger partial charge in [0.15, 0.2) is 0 Å². The number of rotatable bonds is 10. The van der Waals surface area contributed by atoms with E-state index in [0.29, 0.717) is 41.2 Å². The van der Waals surface area contributed by atoms with E-state index in [1.807, 2.05) is 113 Å². The van der Waals surface area contributed by atoms with E-state index in [4.69, 9.17) is 14.3 Å². The number of nitrogens with zero attached hydrogens (tertiary/aromatic N) is 3. The fourth-order valence-electron chi connectivity index (χ4n) is 6.47. The number of fused-ring (bicyclic) bond motifs is 1. The number of nitrogens with one attached hydrogen (secondary N) is 1. The molecule has 0 aliphatic carbocycles. The van der Waals surface area contributed by atoms with Crippen LogP contribution in [0.15, 0.2) is 72.8 Å². The van der Waals surface area contributed by atoms with Gasteiger partial charge in [0.1, 0.15) is 12.4 Å². The van der Waals surface area contributed by atoms with Gasteiger partial charge in [-0.2, -0.15) is 0 Å². The molecule has 2 heterocycles. The number of carbonyl (C=O) groups is 4. The number of ether oxygens (including phenoxy) is 2. The molecule has 3 aromatic carbocycles. The van der Waals surface area contributed by atoms with Crippen LogP contribution >= 0.6 is 0 Å². The van der Waals surface area contributed by atoms with Gasteiger partial charge in [0.25, 0.3) is 11.8 Å². The number of benzene rings is 3. The minimum absolute atomic E-state index is 0.101. The quantitative estimate of drug-likeness (QED) is 0.259. The molecule has 0 bridgehead atoms. The van der Waals surface area contributed by atoms with E-state index in [9.17, 15) is 19.2 Å². The standard InChI is InChI=1S/C40H50N4O7/c1-27(2)44(31-19-14-21-42(25-31)51-37(47)39(4,5)6)35(45)32-24-33-34(23-28(32)3)50-40(7,30-17-12-9-13-18-30)36(46)43(33)22-20-41-38(48)49-26-29-15-10-8-11-16-29/h8-13,15-18,23-24,27,31H,14,19-22,25-26H2,1-7H3,(H,41,48)/t31-,40?/m1/s1. The molecular formula is C40H50N4O7. The van der Waals surface area contributed by atoms with E-state index in [2.05, 4.69) is 5.32 Å². The molecule has 1 unspecified atom stereocenters. The van der Waals surface area contributed by atoms with Crippen LogP contribution in [0.25, 0.3) is 0 Å². The van der Waals surface area contributed by atoms with Crippen LogP contribution in [0, 0.1) is 12.3 Å². The maximum absolute atomic E-state index is 14.5. The molecule has 3 amide bonds. The van der Waals surface area contributed by atoms with Crippen LogP contribution in [0.1, 0.15) is 81.4 Å². The summed E-state index contributed by atoms with van der Waals surface area (Å²) < 4.78 is 11.9. The van der Waals surface area contributed by atoms with Gasteiger partial charge < -0.3 is 29.4 Å². The van der Waals surface area contributed by atoms with Crippen molar-refractivity contribution in [1.82, 2.24) is 15.3 Å². The van der Waals surface area contributed by atoms with Crippen LogP contribution < -0.4 is 15.0 Å². The van der Waals surface area contributed by atoms with E-state index in [0.717, 1.165) is 18.4 Å². The summed E-state index contributed by atoms with van der Waals surface area (Å²) in [6.07, 6.45) is 0.913. The summed E-state index contributed by atoms with van der Waals surface area (Å²) in [7, 11) is 0. The van der Waals surface area contributed by atoms with Crippen molar-refractivity contribution < 1.29 is 33.5 Å².